The summed E-state index contributed by atoms with van der Waals surface area (Å²) in [5, 5.41) is 13.2. The molecule has 1 aliphatic rings. The molecular weight excluding hydrogens is 357 g/mol. The number of aromatic hydroxyl groups is 1. The van der Waals surface area contributed by atoms with Crippen LogP contribution in [0.2, 0.25) is 0 Å². The van der Waals surface area contributed by atoms with E-state index in [1.54, 1.807) is 16.8 Å². The predicted molar refractivity (Wildman–Crippen MR) is 91.2 cm³/mol. The van der Waals surface area contributed by atoms with Gasteiger partial charge in [0.15, 0.2) is 0 Å². The number of phenolic OH excluding ortho intramolecular Hbond substituents is 1. The van der Waals surface area contributed by atoms with Crippen LogP contribution >= 0.6 is 12.4 Å². The molecule has 8 heteroatoms. The highest BCUT2D eigenvalue weighted by Gasteiger charge is 2.31. The maximum atomic E-state index is 12.7. The van der Waals surface area contributed by atoms with Gasteiger partial charge in [-0.05, 0) is 49.7 Å². The van der Waals surface area contributed by atoms with E-state index in [0.29, 0.717) is 12.6 Å². The number of hydrogen-bond acceptors (Lipinski definition) is 3. The van der Waals surface area contributed by atoms with Crippen LogP contribution in [-0.4, -0.2) is 22.8 Å². The van der Waals surface area contributed by atoms with Crippen LogP contribution in [0.4, 0.5) is 13.2 Å². The van der Waals surface area contributed by atoms with E-state index in [0.717, 1.165) is 31.5 Å². The Labute approximate surface area is 148 Å². The maximum Gasteiger partial charge on any atom is 0.416 e. The molecule has 3 rings (SSSR count). The highest BCUT2D eigenvalue weighted by molar-refractivity contribution is 5.85. The first kappa shape index (κ1) is 19.3. The van der Waals surface area contributed by atoms with E-state index < -0.39 is 17.5 Å². The molecule has 1 saturated heterocycles. The van der Waals surface area contributed by atoms with Gasteiger partial charge >= 0.3 is 6.18 Å². The minimum absolute atomic E-state index is 0. The second kappa shape index (κ2) is 7.49. The van der Waals surface area contributed by atoms with Crippen molar-refractivity contribution in [3.8, 4) is 16.9 Å². The normalized spacial score (nSPS) is 17.8. The molecule has 0 saturated carbocycles. The first-order valence-corrected chi connectivity index (χ1v) is 7.70. The van der Waals surface area contributed by atoms with Gasteiger partial charge in [0.1, 0.15) is 5.75 Å². The van der Waals surface area contributed by atoms with E-state index in [1.165, 1.54) is 6.07 Å². The number of piperidine rings is 1. The van der Waals surface area contributed by atoms with Crippen LogP contribution < -0.4 is 10.9 Å². The summed E-state index contributed by atoms with van der Waals surface area (Å²) in [6.07, 6.45) is -1.06. The quantitative estimate of drug-likeness (QED) is 0.844. The first-order chi connectivity index (χ1) is 11.4. The molecule has 1 fully saturated rings. The molecule has 0 unspecified atom stereocenters. The van der Waals surface area contributed by atoms with Gasteiger partial charge in [-0.1, -0.05) is 0 Å². The molecule has 1 aromatic carbocycles. The van der Waals surface area contributed by atoms with Gasteiger partial charge in [-0.25, -0.2) is 0 Å². The molecule has 2 aromatic rings. The summed E-state index contributed by atoms with van der Waals surface area (Å²) in [5.41, 5.74) is -0.974. The molecule has 136 valence electrons. The van der Waals surface area contributed by atoms with Gasteiger partial charge in [-0.15, -0.1) is 12.4 Å². The monoisotopic (exact) mass is 374 g/mol. The zero-order valence-electron chi connectivity index (χ0n) is 13.2. The third kappa shape index (κ3) is 3.99. The molecule has 0 amide bonds. The summed E-state index contributed by atoms with van der Waals surface area (Å²) < 4.78 is 39.7. The van der Waals surface area contributed by atoms with Crippen molar-refractivity contribution in [2.75, 3.05) is 13.1 Å². The molecule has 0 bridgehead atoms. The van der Waals surface area contributed by atoms with Crippen molar-refractivity contribution < 1.29 is 18.3 Å². The number of nitrogens with zero attached hydrogens (tertiary/aromatic N) is 1. The van der Waals surface area contributed by atoms with Crippen LogP contribution in [0, 0.1) is 0 Å². The molecule has 1 aromatic heterocycles. The standard InChI is InChI=1S/C17H17F3N2O2.ClH/c18-17(19,20)11-5-6-13(15(23)9-11)14-4-2-8-22(16(14)24)12-3-1-7-21-10-12;/h2,4-6,8-9,12,21,23H,1,3,7,10H2;1H/t12-;/m1./s1. The number of nitrogens with one attached hydrogen (secondary N) is 1. The number of halogens is 4. The number of pyridine rings is 1. The van der Waals surface area contributed by atoms with E-state index >= 15 is 0 Å². The molecule has 2 N–H and O–H groups in total. The van der Waals surface area contributed by atoms with Crippen molar-refractivity contribution >= 4 is 12.4 Å². The molecule has 25 heavy (non-hydrogen) atoms. The molecule has 4 nitrogen and oxygen atoms in total. The van der Waals surface area contributed by atoms with Gasteiger partial charge in [-0.3, -0.25) is 4.79 Å². The molecule has 0 aliphatic carbocycles. The zero-order valence-corrected chi connectivity index (χ0v) is 14.0. The smallest absolute Gasteiger partial charge is 0.416 e. The van der Waals surface area contributed by atoms with Crippen LogP contribution in [0.15, 0.2) is 41.3 Å². The fourth-order valence-corrected chi connectivity index (χ4v) is 3.01. The van der Waals surface area contributed by atoms with Crippen LogP contribution in [-0.2, 0) is 6.18 Å². The topological polar surface area (TPSA) is 54.3 Å². The van der Waals surface area contributed by atoms with E-state index in [9.17, 15) is 23.1 Å². The Kier molecular flexibility index (Phi) is 5.80. The van der Waals surface area contributed by atoms with Gasteiger partial charge in [-0.2, -0.15) is 13.2 Å². The molecular formula is C17H18ClF3N2O2. The Bertz CT molecular complexity index is 799. The van der Waals surface area contributed by atoms with Crippen molar-refractivity contribution in [3.63, 3.8) is 0 Å². The lowest BCUT2D eigenvalue weighted by Crippen LogP contribution is -2.36. The van der Waals surface area contributed by atoms with Crippen molar-refractivity contribution in [1.29, 1.82) is 0 Å². The number of rotatable bonds is 2. The van der Waals surface area contributed by atoms with Gasteiger partial charge < -0.3 is 15.0 Å². The van der Waals surface area contributed by atoms with Gasteiger partial charge in [0, 0.05) is 24.3 Å². The van der Waals surface area contributed by atoms with Crippen LogP contribution in [0.3, 0.4) is 0 Å². The van der Waals surface area contributed by atoms with Crippen LogP contribution in [0.1, 0.15) is 24.4 Å². The Morgan fingerprint density at radius 2 is 1.96 bits per heavy atom. The summed E-state index contributed by atoms with van der Waals surface area (Å²) in [7, 11) is 0. The average molecular weight is 375 g/mol. The Balaban J connectivity index is 0.00000225. The highest BCUT2D eigenvalue weighted by Crippen LogP contribution is 2.35. The summed E-state index contributed by atoms with van der Waals surface area (Å²) in [6, 6.07) is 5.84. The highest BCUT2D eigenvalue weighted by atomic mass is 35.5. The van der Waals surface area contributed by atoms with E-state index in [-0.39, 0.29) is 35.1 Å². The van der Waals surface area contributed by atoms with Gasteiger partial charge in [0.2, 0.25) is 0 Å². The Hall–Kier alpha value is -1.99. The lowest BCUT2D eigenvalue weighted by atomic mass is 10.0. The Morgan fingerprint density at radius 1 is 1.20 bits per heavy atom. The fraction of sp³-hybridized carbons (Fsp3) is 0.353. The summed E-state index contributed by atoms with van der Waals surface area (Å²) in [5.74, 6) is -0.554. The molecule has 1 aliphatic heterocycles. The maximum absolute atomic E-state index is 12.7. The zero-order chi connectivity index (χ0) is 17.3. The second-order valence-electron chi connectivity index (χ2n) is 5.86. The number of benzene rings is 1. The van der Waals surface area contributed by atoms with E-state index in [4.69, 9.17) is 0 Å². The van der Waals surface area contributed by atoms with E-state index in [2.05, 4.69) is 5.32 Å². The average Bonchev–Trinajstić information content (AvgIpc) is 2.55. The molecule has 2 heterocycles. The second-order valence-corrected chi connectivity index (χ2v) is 5.86. The Morgan fingerprint density at radius 3 is 2.56 bits per heavy atom. The molecule has 1 atom stereocenters. The third-order valence-corrected chi connectivity index (χ3v) is 4.25. The largest absolute Gasteiger partial charge is 0.507 e. The predicted octanol–water partition coefficient (Wildman–Crippen LogP) is 3.59. The molecule has 0 spiro atoms. The number of aromatic nitrogens is 1. The van der Waals surface area contributed by atoms with Crippen molar-refractivity contribution in [2.24, 2.45) is 0 Å². The number of alkyl halides is 3. The van der Waals surface area contributed by atoms with Crippen molar-refractivity contribution in [2.45, 2.75) is 25.1 Å². The lowest BCUT2D eigenvalue weighted by molar-refractivity contribution is -0.137. The third-order valence-electron chi connectivity index (χ3n) is 4.25. The minimum atomic E-state index is -4.54. The summed E-state index contributed by atoms with van der Waals surface area (Å²) in [4.78, 5) is 12.7. The van der Waals surface area contributed by atoms with Crippen LogP contribution in [0.25, 0.3) is 11.1 Å². The van der Waals surface area contributed by atoms with Gasteiger partial charge in [0.05, 0.1) is 11.1 Å². The first-order valence-electron chi connectivity index (χ1n) is 7.70. The van der Waals surface area contributed by atoms with Gasteiger partial charge in [0.25, 0.3) is 5.56 Å². The number of hydrogen-bond donors (Lipinski definition) is 2. The summed E-state index contributed by atoms with van der Waals surface area (Å²) in [6.45, 7) is 1.58. The van der Waals surface area contributed by atoms with Crippen molar-refractivity contribution in [3.05, 3.63) is 52.4 Å². The lowest BCUT2D eigenvalue weighted by Gasteiger charge is -2.25. The summed E-state index contributed by atoms with van der Waals surface area (Å²) >= 11 is 0. The van der Waals surface area contributed by atoms with E-state index in [1.807, 2.05) is 0 Å². The van der Waals surface area contributed by atoms with Crippen LogP contribution in [0.5, 0.6) is 5.75 Å². The number of phenols is 1. The fourth-order valence-electron chi connectivity index (χ4n) is 3.01. The minimum Gasteiger partial charge on any atom is -0.507 e. The SMILES string of the molecule is Cl.O=c1c(-c2ccc(C(F)(F)F)cc2O)cccn1[C@@H]1CCCNC1. The van der Waals surface area contributed by atoms with Crippen molar-refractivity contribution in [1.82, 2.24) is 9.88 Å². The molecule has 0 radical (unpaired) electrons.